The van der Waals surface area contributed by atoms with Gasteiger partial charge in [0.15, 0.2) is 11.7 Å². The lowest BCUT2D eigenvalue weighted by atomic mass is 9.99. The number of benzene rings is 8. The third kappa shape index (κ3) is 4.84. The number of aliphatic imine (C=N–C) groups is 2. The van der Waals surface area contributed by atoms with Gasteiger partial charge >= 0.3 is 0 Å². The van der Waals surface area contributed by atoms with Gasteiger partial charge in [-0.3, -0.25) is 4.57 Å². The maximum absolute atomic E-state index is 6.94. The molecule has 0 spiro atoms. The lowest BCUT2D eigenvalue weighted by molar-refractivity contribution is 0.663. The van der Waals surface area contributed by atoms with Crippen molar-refractivity contribution in [2.75, 3.05) is 0 Å². The number of aromatic nitrogens is 2. The van der Waals surface area contributed by atoms with Crippen molar-refractivity contribution >= 4 is 77.3 Å². The molecule has 1 N–H and O–H groups in total. The number of rotatable bonds is 4. The fourth-order valence-electron chi connectivity index (χ4n) is 8.87. The van der Waals surface area contributed by atoms with Crippen LogP contribution in [0.4, 0.5) is 0 Å². The summed E-state index contributed by atoms with van der Waals surface area (Å²) in [7, 11) is 0. The van der Waals surface area contributed by atoms with Crippen molar-refractivity contribution in [2.24, 2.45) is 9.98 Å². The molecule has 0 saturated carbocycles. The molecule has 4 heterocycles. The molecule has 12 rings (SSSR count). The summed E-state index contributed by atoms with van der Waals surface area (Å²) in [5.74, 6) is 1.49. The zero-order chi connectivity index (χ0) is 37.5. The summed E-state index contributed by atoms with van der Waals surface area (Å²) in [5.41, 5.74) is 11.4. The molecular weight excluding hydrogens is 699 g/mol. The fraction of sp³-hybridized carbons (Fsp3) is 0.0196. The maximum atomic E-state index is 6.94. The third-order valence-electron chi connectivity index (χ3n) is 11.4. The van der Waals surface area contributed by atoms with Crippen LogP contribution in [0.1, 0.15) is 17.3 Å². The zero-order valence-electron chi connectivity index (χ0n) is 30.7. The fourth-order valence-corrected chi connectivity index (χ4v) is 8.87. The number of hydrogen-bond acceptors (Lipinski definition) is 4. The van der Waals surface area contributed by atoms with E-state index in [-0.39, 0.29) is 0 Å². The monoisotopic (exact) mass is 731 g/mol. The van der Waals surface area contributed by atoms with Crippen LogP contribution in [-0.2, 0) is 0 Å². The normalized spacial score (nSPS) is 14.5. The lowest BCUT2D eigenvalue weighted by Crippen LogP contribution is -2.39. The Bertz CT molecular complexity index is 3390. The number of amidine groups is 1. The Kier molecular flexibility index (Phi) is 6.89. The van der Waals surface area contributed by atoms with Crippen LogP contribution in [0.3, 0.4) is 0 Å². The summed E-state index contributed by atoms with van der Waals surface area (Å²) in [5, 5.41) is 10.5. The van der Waals surface area contributed by atoms with E-state index in [2.05, 4.69) is 184 Å². The van der Waals surface area contributed by atoms with E-state index >= 15 is 0 Å². The molecule has 1 atom stereocenters. The van der Waals surface area contributed by atoms with Gasteiger partial charge in [0.1, 0.15) is 11.4 Å². The average molecular weight is 732 g/mol. The maximum Gasteiger partial charge on any atom is 0.211 e. The van der Waals surface area contributed by atoms with Gasteiger partial charge in [0.2, 0.25) is 5.96 Å². The van der Waals surface area contributed by atoms with Crippen molar-refractivity contribution in [3.8, 4) is 16.8 Å². The third-order valence-corrected chi connectivity index (χ3v) is 11.4. The topological polar surface area (TPSA) is 59.8 Å². The van der Waals surface area contributed by atoms with Crippen molar-refractivity contribution in [3.05, 3.63) is 199 Å². The van der Waals surface area contributed by atoms with Gasteiger partial charge in [0, 0.05) is 43.4 Å². The van der Waals surface area contributed by atoms with Gasteiger partial charge in [-0.1, -0.05) is 152 Å². The first-order valence-electron chi connectivity index (χ1n) is 19.3. The minimum atomic E-state index is -0.512. The average Bonchev–Trinajstić information content (AvgIpc) is 3.94. The Balaban J connectivity index is 1.04. The molecule has 11 aromatic rings. The second-order valence-corrected chi connectivity index (χ2v) is 14.6. The Morgan fingerprint density at radius 2 is 1.05 bits per heavy atom. The minimum Gasteiger partial charge on any atom is -0.454 e. The Labute approximate surface area is 327 Å². The molecule has 1 aliphatic rings. The first-order chi connectivity index (χ1) is 28.3. The van der Waals surface area contributed by atoms with E-state index in [1.54, 1.807) is 0 Å². The number of nitrogens with one attached hydrogen (secondary N) is 1. The minimum absolute atomic E-state index is 0.512. The summed E-state index contributed by atoms with van der Waals surface area (Å²) in [6, 6.07) is 66.0. The predicted molar refractivity (Wildman–Crippen MR) is 235 cm³/mol. The van der Waals surface area contributed by atoms with Crippen LogP contribution in [0.5, 0.6) is 0 Å². The van der Waals surface area contributed by atoms with E-state index in [0.717, 1.165) is 72.6 Å². The highest BCUT2D eigenvalue weighted by Gasteiger charge is 2.25. The summed E-state index contributed by atoms with van der Waals surface area (Å²) < 4.78 is 11.5. The van der Waals surface area contributed by atoms with Crippen molar-refractivity contribution in [1.29, 1.82) is 0 Å². The smallest absolute Gasteiger partial charge is 0.211 e. The molecule has 6 nitrogen and oxygen atoms in total. The number of hydrogen-bond donors (Lipinski definition) is 1. The molecule has 0 saturated heterocycles. The van der Waals surface area contributed by atoms with Crippen LogP contribution in [0.2, 0.25) is 0 Å². The van der Waals surface area contributed by atoms with E-state index in [4.69, 9.17) is 14.4 Å². The molecule has 0 amide bonds. The second-order valence-electron chi connectivity index (χ2n) is 14.6. The lowest BCUT2D eigenvalue weighted by Gasteiger charge is -2.23. The van der Waals surface area contributed by atoms with E-state index in [9.17, 15) is 0 Å². The molecule has 57 heavy (non-hydrogen) atoms. The van der Waals surface area contributed by atoms with E-state index in [1.807, 2.05) is 18.2 Å². The standard InChI is InChI=1S/C51H33N5O/c1-3-15-32(16-4-1)35-22-13-27-44-47(35)40-21-9-12-26-43(40)55(44)45-28-14-23-39-38-30-29-34(31-46(38)57-48(39)45)50-52-49(33-17-5-2-6-18-33)53-51(54-50)56-41-24-10-7-19-36(41)37-20-8-11-25-42(37)56/h1-31,50H,(H,52,53,54). The molecular formula is C51H33N5O. The van der Waals surface area contributed by atoms with Crippen LogP contribution >= 0.6 is 0 Å². The van der Waals surface area contributed by atoms with Crippen LogP contribution < -0.4 is 5.32 Å². The molecule has 1 unspecified atom stereocenters. The highest BCUT2D eigenvalue weighted by molar-refractivity contribution is 6.19. The van der Waals surface area contributed by atoms with Crippen LogP contribution in [0.15, 0.2) is 202 Å². The second kappa shape index (κ2) is 12.4. The van der Waals surface area contributed by atoms with Crippen LogP contribution in [0, 0.1) is 0 Å². The van der Waals surface area contributed by atoms with Gasteiger partial charge in [-0.15, -0.1) is 0 Å². The van der Waals surface area contributed by atoms with E-state index < -0.39 is 6.17 Å². The predicted octanol–water partition coefficient (Wildman–Crippen LogP) is 12.4. The first-order valence-corrected chi connectivity index (χ1v) is 19.3. The number of furan rings is 1. The molecule has 0 bridgehead atoms. The molecule has 6 heteroatoms. The van der Waals surface area contributed by atoms with Crippen LogP contribution in [-0.4, -0.2) is 20.9 Å². The van der Waals surface area contributed by atoms with Crippen molar-refractivity contribution in [2.45, 2.75) is 6.17 Å². The summed E-state index contributed by atoms with van der Waals surface area (Å²) in [4.78, 5) is 10.5. The Morgan fingerprint density at radius 1 is 0.456 bits per heavy atom. The van der Waals surface area contributed by atoms with Gasteiger partial charge in [-0.05, 0) is 47.5 Å². The largest absolute Gasteiger partial charge is 0.454 e. The molecule has 8 aromatic carbocycles. The molecule has 1 aliphatic heterocycles. The summed E-state index contributed by atoms with van der Waals surface area (Å²) >= 11 is 0. The number of fused-ring (bicyclic) bond motifs is 9. The Hall–Kier alpha value is -7.70. The number of nitrogens with zero attached hydrogens (tertiary/aromatic N) is 4. The van der Waals surface area contributed by atoms with Crippen molar-refractivity contribution in [3.63, 3.8) is 0 Å². The molecule has 268 valence electrons. The van der Waals surface area contributed by atoms with Gasteiger partial charge in [-0.2, -0.15) is 0 Å². The summed E-state index contributed by atoms with van der Waals surface area (Å²) in [6.07, 6.45) is -0.512. The summed E-state index contributed by atoms with van der Waals surface area (Å²) in [6.45, 7) is 0. The van der Waals surface area contributed by atoms with Gasteiger partial charge in [-0.25, -0.2) is 9.98 Å². The molecule has 0 fully saturated rings. The van der Waals surface area contributed by atoms with Crippen LogP contribution in [0.25, 0.3) is 82.4 Å². The van der Waals surface area contributed by atoms with Gasteiger partial charge in [0.05, 0.1) is 27.8 Å². The van der Waals surface area contributed by atoms with Crippen molar-refractivity contribution < 1.29 is 4.42 Å². The van der Waals surface area contributed by atoms with E-state index in [0.29, 0.717) is 0 Å². The van der Waals surface area contributed by atoms with Crippen molar-refractivity contribution in [1.82, 2.24) is 14.5 Å². The molecule has 0 radical (unpaired) electrons. The molecule has 3 aromatic heterocycles. The molecule has 0 aliphatic carbocycles. The van der Waals surface area contributed by atoms with E-state index in [1.165, 1.54) is 32.7 Å². The quantitative estimate of drug-likeness (QED) is 0.196. The van der Waals surface area contributed by atoms with Gasteiger partial charge < -0.3 is 14.3 Å². The Morgan fingerprint density at radius 3 is 1.79 bits per heavy atom. The number of para-hydroxylation sites is 4. The highest BCUT2D eigenvalue weighted by Crippen LogP contribution is 2.42. The SMILES string of the molecule is c1ccc(C2=NC(c3ccc4c(c3)oc3c(-n5c6ccccc6c6c(-c7ccccc7)cccc65)cccc34)N=C(n3c4ccccc4c4ccccc43)N2)cc1. The van der Waals surface area contributed by atoms with Gasteiger partial charge in [0.25, 0.3) is 0 Å². The zero-order valence-corrected chi connectivity index (χ0v) is 30.7. The highest BCUT2D eigenvalue weighted by atomic mass is 16.3. The first kappa shape index (κ1) is 31.6.